The van der Waals surface area contributed by atoms with Gasteiger partial charge in [0.25, 0.3) is 0 Å². The molecule has 0 spiro atoms. The van der Waals surface area contributed by atoms with Gasteiger partial charge in [-0.25, -0.2) is 0 Å². The number of para-hydroxylation sites is 1. The summed E-state index contributed by atoms with van der Waals surface area (Å²) in [6.07, 6.45) is 1.90. The van der Waals surface area contributed by atoms with Crippen LogP contribution < -0.4 is 4.74 Å². The van der Waals surface area contributed by atoms with Crippen LogP contribution in [0.15, 0.2) is 46.9 Å². The fraction of sp³-hybridized carbons (Fsp3) is 0.444. The maximum Gasteiger partial charge on any atom is 0.119 e. The molecule has 2 aromatic rings. The summed E-state index contributed by atoms with van der Waals surface area (Å²) in [7, 11) is 0. The van der Waals surface area contributed by atoms with E-state index in [1.165, 1.54) is 12.8 Å². The van der Waals surface area contributed by atoms with Gasteiger partial charge in [-0.1, -0.05) is 18.2 Å². The summed E-state index contributed by atoms with van der Waals surface area (Å²) in [5.74, 6) is 2.68. The zero-order chi connectivity index (χ0) is 15.4. The van der Waals surface area contributed by atoms with Crippen LogP contribution in [0.25, 0.3) is 0 Å². The number of aliphatic hydroxyl groups excluding tert-OH is 1. The molecular formula is C18H23NO3. The third-order valence-corrected chi connectivity index (χ3v) is 3.85. The molecule has 1 unspecified atom stereocenters. The lowest BCUT2D eigenvalue weighted by Crippen LogP contribution is -2.36. The van der Waals surface area contributed by atoms with Crippen molar-refractivity contribution in [2.45, 2.75) is 38.5 Å². The van der Waals surface area contributed by atoms with Gasteiger partial charge in [-0.15, -0.1) is 0 Å². The zero-order valence-electron chi connectivity index (χ0n) is 12.9. The van der Waals surface area contributed by atoms with Crippen LogP contribution in [0.5, 0.6) is 5.75 Å². The SMILES string of the molecule is Cc1ccc(CN(CC(O)COc2ccccc2)C2CC2)o1. The molecule has 0 amide bonds. The molecule has 4 nitrogen and oxygen atoms in total. The minimum Gasteiger partial charge on any atom is -0.491 e. The largest absolute Gasteiger partial charge is 0.491 e. The van der Waals surface area contributed by atoms with Crippen molar-refractivity contribution in [2.24, 2.45) is 0 Å². The Hall–Kier alpha value is -1.78. The number of nitrogens with zero attached hydrogens (tertiary/aromatic N) is 1. The first-order valence-electron chi connectivity index (χ1n) is 7.86. The average Bonchev–Trinajstić information content (AvgIpc) is 3.29. The Bertz CT molecular complexity index is 577. The molecule has 1 fully saturated rings. The second-order valence-electron chi connectivity index (χ2n) is 5.95. The van der Waals surface area contributed by atoms with Crippen molar-refractivity contribution < 1.29 is 14.3 Å². The van der Waals surface area contributed by atoms with Gasteiger partial charge >= 0.3 is 0 Å². The molecule has 4 heteroatoms. The fourth-order valence-corrected chi connectivity index (χ4v) is 2.59. The van der Waals surface area contributed by atoms with Gasteiger partial charge in [0, 0.05) is 12.6 Å². The lowest BCUT2D eigenvalue weighted by Gasteiger charge is -2.24. The van der Waals surface area contributed by atoms with Gasteiger partial charge in [-0.3, -0.25) is 4.90 Å². The maximum absolute atomic E-state index is 10.2. The topological polar surface area (TPSA) is 45.8 Å². The molecule has 0 radical (unpaired) electrons. The first-order chi connectivity index (χ1) is 10.7. The van der Waals surface area contributed by atoms with Crippen molar-refractivity contribution in [3.8, 4) is 5.75 Å². The summed E-state index contributed by atoms with van der Waals surface area (Å²) < 4.78 is 11.3. The monoisotopic (exact) mass is 301 g/mol. The van der Waals surface area contributed by atoms with Crippen LogP contribution in [0.3, 0.4) is 0 Å². The molecule has 3 rings (SSSR count). The van der Waals surface area contributed by atoms with E-state index in [0.717, 1.165) is 23.8 Å². The number of hydrogen-bond acceptors (Lipinski definition) is 4. The van der Waals surface area contributed by atoms with Gasteiger partial charge in [0.1, 0.15) is 30.0 Å². The van der Waals surface area contributed by atoms with E-state index in [2.05, 4.69) is 4.90 Å². The summed E-state index contributed by atoms with van der Waals surface area (Å²) >= 11 is 0. The van der Waals surface area contributed by atoms with E-state index in [1.807, 2.05) is 49.4 Å². The first-order valence-corrected chi connectivity index (χ1v) is 7.86. The number of rotatable bonds is 8. The molecule has 1 aromatic heterocycles. The van der Waals surface area contributed by atoms with E-state index < -0.39 is 6.10 Å². The van der Waals surface area contributed by atoms with Crippen LogP contribution in [0.2, 0.25) is 0 Å². The molecule has 0 bridgehead atoms. The average molecular weight is 301 g/mol. The second kappa shape index (κ2) is 6.99. The second-order valence-corrected chi connectivity index (χ2v) is 5.95. The number of benzene rings is 1. The molecule has 1 atom stereocenters. The Morgan fingerprint density at radius 1 is 1.23 bits per heavy atom. The standard InChI is InChI=1S/C18H23NO3/c1-14-7-10-18(22-14)12-19(15-8-9-15)11-16(20)13-21-17-5-3-2-4-6-17/h2-7,10,15-16,20H,8-9,11-13H2,1H3. The lowest BCUT2D eigenvalue weighted by molar-refractivity contribution is 0.0601. The van der Waals surface area contributed by atoms with E-state index >= 15 is 0 Å². The Kier molecular flexibility index (Phi) is 4.80. The van der Waals surface area contributed by atoms with Gasteiger partial charge in [0.15, 0.2) is 0 Å². The van der Waals surface area contributed by atoms with Gasteiger partial charge < -0.3 is 14.3 Å². The van der Waals surface area contributed by atoms with Crippen LogP contribution in [-0.2, 0) is 6.54 Å². The number of hydrogen-bond donors (Lipinski definition) is 1. The van der Waals surface area contributed by atoms with Crippen molar-refractivity contribution in [1.29, 1.82) is 0 Å². The number of aryl methyl sites for hydroxylation is 1. The fourth-order valence-electron chi connectivity index (χ4n) is 2.59. The molecule has 1 heterocycles. The minimum atomic E-state index is -0.503. The van der Waals surface area contributed by atoms with Crippen LogP contribution >= 0.6 is 0 Å². The molecule has 1 aliphatic rings. The van der Waals surface area contributed by atoms with E-state index in [-0.39, 0.29) is 0 Å². The number of ether oxygens (including phenoxy) is 1. The van der Waals surface area contributed by atoms with Crippen molar-refractivity contribution in [1.82, 2.24) is 4.90 Å². The lowest BCUT2D eigenvalue weighted by atomic mass is 10.3. The number of aliphatic hydroxyl groups is 1. The van der Waals surface area contributed by atoms with E-state index in [9.17, 15) is 5.11 Å². The molecule has 22 heavy (non-hydrogen) atoms. The van der Waals surface area contributed by atoms with Crippen LogP contribution in [0.4, 0.5) is 0 Å². The summed E-state index contributed by atoms with van der Waals surface area (Å²) in [4.78, 5) is 2.29. The van der Waals surface area contributed by atoms with Crippen LogP contribution in [0, 0.1) is 6.92 Å². The summed E-state index contributed by atoms with van der Waals surface area (Å²) in [5.41, 5.74) is 0. The van der Waals surface area contributed by atoms with Crippen LogP contribution in [0.1, 0.15) is 24.4 Å². The molecule has 118 valence electrons. The Labute approximate surface area is 131 Å². The Morgan fingerprint density at radius 2 is 2.00 bits per heavy atom. The van der Waals surface area contributed by atoms with E-state index in [1.54, 1.807) is 0 Å². The highest BCUT2D eigenvalue weighted by molar-refractivity contribution is 5.20. The molecule has 1 aromatic carbocycles. The molecule has 1 aliphatic carbocycles. The van der Waals surface area contributed by atoms with Crippen molar-refractivity contribution >= 4 is 0 Å². The summed E-state index contributed by atoms with van der Waals surface area (Å²) in [6.45, 7) is 3.62. The zero-order valence-corrected chi connectivity index (χ0v) is 12.9. The minimum absolute atomic E-state index is 0.310. The summed E-state index contributed by atoms with van der Waals surface area (Å²) in [6, 6.07) is 14.2. The predicted octanol–water partition coefficient (Wildman–Crippen LogP) is 2.99. The smallest absolute Gasteiger partial charge is 0.119 e. The highest BCUT2D eigenvalue weighted by atomic mass is 16.5. The third-order valence-electron chi connectivity index (χ3n) is 3.85. The molecule has 1 N–H and O–H groups in total. The van der Waals surface area contributed by atoms with Crippen molar-refractivity contribution in [3.63, 3.8) is 0 Å². The quantitative estimate of drug-likeness (QED) is 0.814. The Morgan fingerprint density at radius 3 is 2.64 bits per heavy atom. The van der Waals surface area contributed by atoms with Gasteiger partial charge in [0.2, 0.25) is 0 Å². The van der Waals surface area contributed by atoms with Crippen molar-refractivity contribution in [3.05, 3.63) is 54.0 Å². The first kappa shape index (κ1) is 15.1. The normalized spacial score (nSPS) is 16.0. The molecule has 0 aliphatic heterocycles. The highest BCUT2D eigenvalue weighted by Gasteiger charge is 2.31. The van der Waals surface area contributed by atoms with E-state index in [0.29, 0.717) is 19.2 Å². The van der Waals surface area contributed by atoms with Crippen LogP contribution in [-0.4, -0.2) is 35.3 Å². The van der Waals surface area contributed by atoms with Gasteiger partial charge in [-0.05, 0) is 44.0 Å². The highest BCUT2D eigenvalue weighted by Crippen LogP contribution is 2.28. The van der Waals surface area contributed by atoms with E-state index in [4.69, 9.17) is 9.15 Å². The number of furan rings is 1. The molecular weight excluding hydrogens is 278 g/mol. The van der Waals surface area contributed by atoms with Crippen molar-refractivity contribution in [2.75, 3.05) is 13.2 Å². The Balaban J connectivity index is 1.50. The maximum atomic E-state index is 10.2. The predicted molar refractivity (Wildman–Crippen MR) is 84.8 cm³/mol. The van der Waals surface area contributed by atoms with Gasteiger partial charge in [0.05, 0.1) is 6.54 Å². The summed E-state index contributed by atoms with van der Waals surface area (Å²) in [5, 5.41) is 10.2. The molecule has 1 saturated carbocycles. The van der Waals surface area contributed by atoms with Gasteiger partial charge in [-0.2, -0.15) is 0 Å². The molecule has 0 saturated heterocycles. The third kappa shape index (κ3) is 4.36.